The number of hydrogen-bond donors (Lipinski definition) is 2. The van der Waals surface area contributed by atoms with Crippen LogP contribution in [0, 0.1) is 5.92 Å². The average Bonchev–Trinajstić information content (AvgIpc) is 3.00. The van der Waals surface area contributed by atoms with Crippen LogP contribution >= 0.6 is 0 Å². The van der Waals surface area contributed by atoms with Gasteiger partial charge in [0, 0.05) is 39.3 Å². The first-order valence-electron chi connectivity index (χ1n) is 9.07. The number of rotatable bonds is 8. The highest BCUT2D eigenvalue weighted by Crippen LogP contribution is 2.22. The number of aliphatic imine (C=N–C) groups is 1. The van der Waals surface area contributed by atoms with Gasteiger partial charge in [-0.1, -0.05) is 13.8 Å². The molecule has 0 spiro atoms. The Kier molecular flexibility index (Phi) is 8.12. The molecule has 0 aromatic carbocycles. The monoisotopic (exact) mass is 326 g/mol. The van der Waals surface area contributed by atoms with Gasteiger partial charge in [0.2, 0.25) is 0 Å². The smallest absolute Gasteiger partial charge is 0.191 e. The highest BCUT2D eigenvalue weighted by molar-refractivity contribution is 5.79. The summed E-state index contributed by atoms with van der Waals surface area (Å²) in [6.45, 7) is 10.7. The van der Waals surface area contributed by atoms with E-state index in [1.165, 1.54) is 19.4 Å². The predicted molar refractivity (Wildman–Crippen MR) is 94.0 cm³/mol. The number of fused-ring (bicyclic) bond motifs is 1. The normalized spacial score (nSPS) is 25.7. The van der Waals surface area contributed by atoms with Gasteiger partial charge in [-0.05, 0) is 31.7 Å². The molecular formula is C17H34N4O2. The third-order valence-electron chi connectivity index (χ3n) is 4.56. The van der Waals surface area contributed by atoms with E-state index in [0.717, 1.165) is 45.2 Å². The molecule has 2 atom stereocenters. The Balaban J connectivity index is 1.54. The molecule has 0 aromatic rings. The first-order chi connectivity index (χ1) is 11.2. The second-order valence-electron chi connectivity index (χ2n) is 6.92. The summed E-state index contributed by atoms with van der Waals surface area (Å²) in [5, 5.41) is 6.65. The van der Waals surface area contributed by atoms with Crippen molar-refractivity contribution in [2.45, 2.75) is 45.3 Å². The molecule has 6 heteroatoms. The molecular weight excluding hydrogens is 292 g/mol. The maximum atomic E-state index is 5.96. The van der Waals surface area contributed by atoms with E-state index in [9.17, 15) is 0 Å². The lowest BCUT2D eigenvalue weighted by atomic mass is 10.1. The zero-order chi connectivity index (χ0) is 16.5. The summed E-state index contributed by atoms with van der Waals surface area (Å²) >= 11 is 0. The van der Waals surface area contributed by atoms with E-state index in [4.69, 9.17) is 9.47 Å². The van der Waals surface area contributed by atoms with Gasteiger partial charge in [-0.25, -0.2) is 0 Å². The Morgan fingerprint density at radius 2 is 2.22 bits per heavy atom. The molecule has 2 aliphatic rings. The summed E-state index contributed by atoms with van der Waals surface area (Å²) in [7, 11) is 1.80. The van der Waals surface area contributed by atoms with Crippen molar-refractivity contribution in [3.63, 3.8) is 0 Å². The number of ether oxygens (including phenoxy) is 2. The van der Waals surface area contributed by atoms with Crippen molar-refractivity contribution in [3.05, 3.63) is 0 Å². The highest BCUT2D eigenvalue weighted by Gasteiger charge is 2.31. The SMILES string of the molecule is CN=C(NCCOCCC(C)C)NCC1CN2CCCC2CO1. The van der Waals surface area contributed by atoms with E-state index in [1.807, 2.05) is 0 Å². The lowest BCUT2D eigenvalue weighted by Crippen LogP contribution is -2.51. The van der Waals surface area contributed by atoms with E-state index in [-0.39, 0.29) is 6.10 Å². The van der Waals surface area contributed by atoms with Gasteiger partial charge in [0.15, 0.2) is 5.96 Å². The number of guanidine groups is 1. The molecule has 2 unspecified atom stereocenters. The fraction of sp³-hybridized carbons (Fsp3) is 0.941. The maximum Gasteiger partial charge on any atom is 0.191 e. The maximum absolute atomic E-state index is 5.96. The molecule has 0 saturated carbocycles. The second-order valence-corrected chi connectivity index (χ2v) is 6.92. The lowest BCUT2D eigenvalue weighted by molar-refractivity contribution is -0.0453. The van der Waals surface area contributed by atoms with Gasteiger partial charge in [-0.3, -0.25) is 9.89 Å². The van der Waals surface area contributed by atoms with Crippen LogP contribution in [0.3, 0.4) is 0 Å². The molecule has 2 heterocycles. The van der Waals surface area contributed by atoms with E-state index >= 15 is 0 Å². The van der Waals surface area contributed by atoms with Crippen LogP contribution in [0.2, 0.25) is 0 Å². The molecule has 23 heavy (non-hydrogen) atoms. The van der Waals surface area contributed by atoms with Crippen LogP contribution in [-0.2, 0) is 9.47 Å². The van der Waals surface area contributed by atoms with Gasteiger partial charge in [0.25, 0.3) is 0 Å². The van der Waals surface area contributed by atoms with E-state index in [2.05, 4.69) is 34.4 Å². The van der Waals surface area contributed by atoms with Crippen LogP contribution in [0.4, 0.5) is 0 Å². The average molecular weight is 326 g/mol. The molecule has 0 aromatic heterocycles. The fourth-order valence-corrected chi connectivity index (χ4v) is 3.10. The molecule has 6 nitrogen and oxygen atoms in total. The van der Waals surface area contributed by atoms with Gasteiger partial charge in [-0.2, -0.15) is 0 Å². The van der Waals surface area contributed by atoms with E-state index in [0.29, 0.717) is 18.6 Å². The fourth-order valence-electron chi connectivity index (χ4n) is 3.10. The molecule has 0 radical (unpaired) electrons. The summed E-state index contributed by atoms with van der Waals surface area (Å²) in [6.07, 6.45) is 3.97. The van der Waals surface area contributed by atoms with E-state index < -0.39 is 0 Å². The van der Waals surface area contributed by atoms with Crippen molar-refractivity contribution in [1.29, 1.82) is 0 Å². The Morgan fingerprint density at radius 3 is 3.00 bits per heavy atom. The molecule has 2 fully saturated rings. The third kappa shape index (κ3) is 6.65. The minimum absolute atomic E-state index is 0.255. The number of nitrogens with zero attached hydrogens (tertiary/aromatic N) is 2. The van der Waals surface area contributed by atoms with Crippen molar-refractivity contribution >= 4 is 5.96 Å². The highest BCUT2D eigenvalue weighted by atomic mass is 16.5. The predicted octanol–water partition coefficient (Wildman–Crippen LogP) is 1.08. The largest absolute Gasteiger partial charge is 0.380 e. The van der Waals surface area contributed by atoms with Gasteiger partial charge >= 0.3 is 0 Å². The Morgan fingerprint density at radius 1 is 1.35 bits per heavy atom. The Hall–Kier alpha value is -0.850. The summed E-state index contributed by atoms with van der Waals surface area (Å²) in [5.41, 5.74) is 0. The first-order valence-corrected chi connectivity index (χ1v) is 9.07. The van der Waals surface area contributed by atoms with Gasteiger partial charge in [0.1, 0.15) is 0 Å². The molecule has 0 amide bonds. The first kappa shape index (κ1) is 18.5. The van der Waals surface area contributed by atoms with Crippen LogP contribution in [0.1, 0.15) is 33.1 Å². The molecule has 2 aliphatic heterocycles. The summed E-state index contributed by atoms with van der Waals surface area (Å²) in [5.74, 6) is 1.52. The minimum atomic E-state index is 0.255. The second kappa shape index (κ2) is 10.1. The van der Waals surface area contributed by atoms with Crippen LogP contribution < -0.4 is 10.6 Å². The summed E-state index contributed by atoms with van der Waals surface area (Å²) in [4.78, 5) is 6.82. The van der Waals surface area contributed by atoms with Crippen molar-refractivity contribution in [2.24, 2.45) is 10.9 Å². The van der Waals surface area contributed by atoms with Crippen molar-refractivity contribution < 1.29 is 9.47 Å². The van der Waals surface area contributed by atoms with Crippen LogP contribution in [-0.4, -0.2) is 76.1 Å². The van der Waals surface area contributed by atoms with Crippen molar-refractivity contribution in [1.82, 2.24) is 15.5 Å². The Labute approximate surface area is 141 Å². The zero-order valence-corrected chi connectivity index (χ0v) is 15.0. The standard InChI is InChI=1S/C17H34N4O2/c1-14(2)6-9-22-10-7-19-17(18-3)20-11-16-12-21-8-4-5-15(21)13-23-16/h14-16H,4-13H2,1-3H3,(H2,18,19,20). The van der Waals surface area contributed by atoms with Crippen LogP contribution in [0.25, 0.3) is 0 Å². The topological polar surface area (TPSA) is 58.1 Å². The number of nitrogens with one attached hydrogen (secondary N) is 2. The number of hydrogen-bond acceptors (Lipinski definition) is 4. The molecule has 0 aliphatic carbocycles. The van der Waals surface area contributed by atoms with Crippen LogP contribution in [0.15, 0.2) is 4.99 Å². The summed E-state index contributed by atoms with van der Waals surface area (Å²) < 4.78 is 11.6. The Bertz CT molecular complexity index is 363. The van der Waals surface area contributed by atoms with Crippen molar-refractivity contribution in [3.8, 4) is 0 Å². The van der Waals surface area contributed by atoms with Gasteiger partial charge < -0.3 is 20.1 Å². The zero-order valence-electron chi connectivity index (χ0n) is 15.0. The molecule has 0 bridgehead atoms. The molecule has 2 rings (SSSR count). The van der Waals surface area contributed by atoms with Gasteiger partial charge in [0.05, 0.1) is 19.3 Å². The van der Waals surface area contributed by atoms with Crippen LogP contribution in [0.5, 0.6) is 0 Å². The van der Waals surface area contributed by atoms with Crippen molar-refractivity contribution in [2.75, 3.05) is 53.0 Å². The quantitative estimate of drug-likeness (QED) is 0.397. The third-order valence-corrected chi connectivity index (χ3v) is 4.56. The summed E-state index contributed by atoms with van der Waals surface area (Å²) in [6, 6.07) is 0.659. The van der Waals surface area contributed by atoms with Gasteiger partial charge in [-0.15, -0.1) is 0 Å². The number of morpholine rings is 1. The molecule has 134 valence electrons. The molecule has 2 N–H and O–H groups in total. The van der Waals surface area contributed by atoms with E-state index in [1.54, 1.807) is 7.05 Å². The lowest BCUT2D eigenvalue weighted by Gasteiger charge is -2.35. The minimum Gasteiger partial charge on any atom is -0.380 e. The molecule has 2 saturated heterocycles.